The van der Waals surface area contributed by atoms with E-state index in [1.54, 1.807) is 31.2 Å². The lowest BCUT2D eigenvalue weighted by molar-refractivity contribution is -0.136. The fraction of sp³-hybridized carbons (Fsp3) is 0.211. The molecule has 3 N–H and O–H groups in total. The van der Waals surface area contributed by atoms with Crippen molar-refractivity contribution in [3.63, 3.8) is 0 Å². The van der Waals surface area contributed by atoms with Gasteiger partial charge in [0, 0.05) is 5.69 Å². The first-order chi connectivity index (χ1) is 12.8. The molecule has 0 heterocycles. The van der Waals surface area contributed by atoms with Crippen LogP contribution >= 0.6 is 15.9 Å². The summed E-state index contributed by atoms with van der Waals surface area (Å²) in [5.74, 6) is -1.45. The molecule has 2 aromatic rings. The highest BCUT2D eigenvalue weighted by atomic mass is 79.9. The first-order valence-corrected chi connectivity index (χ1v) is 8.98. The number of carbonyl (C=O) groups excluding carboxylic acids is 2. The lowest BCUT2D eigenvalue weighted by atomic mass is 10.1. The van der Waals surface area contributed by atoms with Crippen molar-refractivity contribution >= 4 is 39.6 Å². The van der Waals surface area contributed by atoms with Gasteiger partial charge in [0.15, 0.2) is 11.5 Å². The Morgan fingerprint density at radius 2 is 2.00 bits per heavy atom. The summed E-state index contributed by atoms with van der Waals surface area (Å²) < 4.78 is 5.74. The fourth-order valence-corrected chi connectivity index (χ4v) is 2.68. The number of hydrogen-bond acceptors (Lipinski definition) is 5. The third-order valence-electron chi connectivity index (χ3n) is 3.79. The van der Waals surface area contributed by atoms with Crippen LogP contribution in [-0.2, 0) is 9.59 Å². The lowest BCUT2D eigenvalue weighted by Crippen LogP contribution is -2.32. The van der Waals surface area contributed by atoms with Crippen LogP contribution in [0.2, 0.25) is 0 Å². The van der Waals surface area contributed by atoms with E-state index in [2.05, 4.69) is 31.8 Å². The molecule has 0 fully saturated rings. The molecule has 0 unspecified atom stereocenters. The van der Waals surface area contributed by atoms with E-state index in [4.69, 9.17) is 4.74 Å². The van der Waals surface area contributed by atoms with Crippen molar-refractivity contribution in [2.45, 2.75) is 20.8 Å². The summed E-state index contributed by atoms with van der Waals surface area (Å²) in [4.78, 5) is 23.9. The molecule has 0 aromatic heterocycles. The molecule has 142 valence electrons. The minimum Gasteiger partial charge on any atom is -0.503 e. The Bertz CT molecular complexity index is 897. The molecule has 0 atom stereocenters. The molecule has 0 saturated carbocycles. The molecule has 0 radical (unpaired) electrons. The number of halogens is 1. The van der Waals surface area contributed by atoms with Crippen molar-refractivity contribution in [1.29, 1.82) is 0 Å². The number of aromatic hydroxyl groups is 1. The van der Waals surface area contributed by atoms with Gasteiger partial charge in [0.05, 0.1) is 17.3 Å². The number of anilines is 1. The molecule has 0 bridgehead atoms. The molecule has 2 aromatic carbocycles. The van der Waals surface area contributed by atoms with Crippen molar-refractivity contribution in [1.82, 2.24) is 5.43 Å². The smallest absolute Gasteiger partial charge is 0.329 e. The Morgan fingerprint density at radius 3 is 2.70 bits per heavy atom. The van der Waals surface area contributed by atoms with Crippen LogP contribution in [0.25, 0.3) is 0 Å². The summed E-state index contributed by atoms with van der Waals surface area (Å²) in [7, 11) is 0. The zero-order valence-electron chi connectivity index (χ0n) is 15.2. The maximum atomic E-state index is 12.0. The Hall–Kier alpha value is -2.87. The molecular formula is C19H20BrN3O4. The molecule has 0 aliphatic carbocycles. The van der Waals surface area contributed by atoms with E-state index >= 15 is 0 Å². The average Bonchev–Trinajstić information content (AvgIpc) is 2.63. The molecular weight excluding hydrogens is 414 g/mol. The summed E-state index contributed by atoms with van der Waals surface area (Å²) >= 11 is 3.22. The van der Waals surface area contributed by atoms with Gasteiger partial charge >= 0.3 is 11.8 Å². The highest BCUT2D eigenvalue weighted by Gasteiger charge is 2.14. The van der Waals surface area contributed by atoms with E-state index in [1.165, 1.54) is 6.21 Å². The number of rotatable bonds is 5. The normalized spacial score (nSPS) is 10.7. The topological polar surface area (TPSA) is 100 Å². The van der Waals surface area contributed by atoms with Crippen molar-refractivity contribution in [2.75, 3.05) is 11.9 Å². The fourth-order valence-electron chi connectivity index (χ4n) is 2.22. The lowest BCUT2D eigenvalue weighted by Gasteiger charge is -2.09. The highest BCUT2D eigenvalue weighted by Crippen LogP contribution is 2.35. The van der Waals surface area contributed by atoms with Crippen LogP contribution < -0.4 is 15.5 Å². The van der Waals surface area contributed by atoms with E-state index in [9.17, 15) is 14.7 Å². The maximum absolute atomic E-state index is 12.0. The second kappa shape index (κ2) is 9.18. The predicted molar refractivity (Wildman–Crippen MR) is 107 cm³/mol. The van der Waals surface area contributed by atoms with Gasteiger partial charge in [-0.2, -0.15) is 5.10 Å². The molecule has 0 spiro atoms. The van der Waals surface area contributed by atoms with Crippen LogP contribution in [0.1, 0.15) is 23.6 Å². The standard InChI is InChI=1S/C19H20BrN3O4/c1-4-27-16-9-13(8-14(20)17(16)24)10-21-23-19(26)18(25)22-15-7-5-6-11(2)12(15)3/h5-10,24H,4H2,1-3H3,(H,22,25)(H,23,26)/b21-10-. The van der Waals surface area contributed by atoms with Gasteiger partial charge in [0.1, 0.15) is 0 Å². The number of hydrazone groups is 1. The van der Waals surface area contributed by atoms with Crippen LogP contribution in [0, 0.1) is 13.8 Å². The van der Waals surface area contributed by atoms with Gasteiger partial charge in [-0.25, -0.2) is 5.43 Å². The molecule has 8 heteroatoms. The third-order valence-corrected chi connectivity index (χ3v) is 4.39. The van der Waals surface area contributed by atoms with E-state index < -0.39 is 11.8 Å². The average molecular weight is 434 g/mol. The van der Waals surface area contributed by atoms with Gasteiger partial charge in [-0.05, 0) is 71.6 Å². The number of phenolic OH excluding ortho intramolecular Hbond substituents is 1. The second-order valence-corrected chi connectivity index (χ2v) is 6.54. The van der Waals surface area contributed by atoms with Crippen LogP contribution in [0.4, 0.5) is 5.69 Å². The summed E-state index contributed by atoms with van der Waals surface area (Å²) in [6.45, 7) is 5.96. The highest BCUT2D eigenvalue weighted by molar-refractivity contribution is 9.10. The number of benzene rings is 2. The predicted octanol–water partition coefficient (Wildman–Crippen LogP) is 3.26. The zero-order chi connectivity index (χ0) is 20.0. The van der Waals surface area contributed by atoms with E-state index in [1.807, 2.05) is 19.9 Å². The van der Waals surface area contributed by atoms with Crippen molar-refractivity contribution in [2.24, 2.45) is 5.10 Å². The Morgan fingerprint density at radius 1 is 1.26 bits per heavy atom. The number of nitrogens with zero attached hydrogens (tertiary/aromatic N) is 1. The van der Waals surface area contributed by atoms with Gasteiger partial charge in [-0.1, -0.05) is 12.1 Å². The van der Waals surface area contributed by atoms with Crippen LogP contribution in [-0.4, -0.2) is 29.7 Å². The summed E-state index contributed by atoms with van der Waals surface area (Å²) in [6.07, 6.45) is 1.34. The Kier molecular flexibility index (Phi) is 6.95. The quantitative estimate of drug-likeness (QED) is 0.382. The first kappa shape index (κ1) is 20.4. The number of hydrogen-bond donors (Lipinski definition) is 3. The van der Waals surface area contributed by atoms with Crippen molar-refractivity contribution < 1.29 is 19.4 Å². The van der Waals surface area contributed by atoms with Gasteiger partial charge in [0.25, 0.3) is 0 Å². The monoisotopic (exact) mass is 433 g/mol. The van der Waals surface area contributed by atoms with Crippen LogP contribution in [0.15, 0.2) is 39.9 Å². The molecule has 0 aliphatic rings. The third kappa shape index (κ3) is 5.30. The number of amides is 2. The number of ether oxygens (including phenoxy) is 1. The van der Waals surface area contributed by atoms with Crippen molar-refractivity contribution in [3.05, 3.63) is 51.5 Å². The maximum Gasteiger partial charge on any atom is 0.329 e. The molecule has 27 heavy (non-hydrogen) atoms. The molecule has 2 rings (SSSR count). The van der Waals surface area contributed by atoms with E-state index in [0.29, 0.717) is 22.3 Å². The summed E-state index contributed by atoms with van der Waals surface area (Å²) in [5, 5.41) is 16.2. The van der Waals surface area contributed by atoms with Crippen LogP contribution in [0.3, 0.4) is 0 Å². The van der Waals surface area contributed by atoms with Crippen LogP contribution in [0.5, 0.6) is 11.5 Å². The number of carbonyl (C=O) groups is 2. The second-order valence-electron chi connectivity index (χ2n) is 5.68. The number of aryl methyl sites for hydroxylation is 1. The summed E-state index contributed by atoms with van der Waals surface area (Å²) in [6, 6.07) is 8.60. The van der Waals surface area contributed by atoms with E-state index in [-0.39, 0.29) is 11.5 Å². The number of nitrogens with one attached hydrogen (secondary N) is 2. The molecule has 0 aliphatic heterocycles. The molecule has 7 nitrogen and oxygen atoms in total. The Balaban J connectivity index is 2.02. The SMILES string of the molecule is CCOc1cc(/C=N\NC(=O)C(=O)Nc2cccc(C)c2C)cc(Br)c1O. The van der Waals surface area contributed by atoms with Gasteiger partial charge < -0.3 is 15.2 Å². The van der Waals surface area contributed by atoms with E-state index in [0.717, 1.165) is 11.1 Å². The minimum absolute atomic E-state index is 0.0223. The number of phenols is 1. The zero-order valence-corrected chi connectivity index (χ0v) is 16.8. The Labute approximate surface area is 165 Å². The van der Waals surface area contributed by atoms with Gasteiger partial charge in [0.2, 0.25) is 0 Å². The summed E-state index contributed by atoms with van der Waals surface area (Å²) in [5.41, 5.74) is 5.21. The first-order valence-electron chi connectivity index (χ1n) is 8.19. The molecule has 0 saturated heterocycles. The van der Waals surface area contributed by atoms with Gasteiger partial charge in [-0.3, -0.25) is 9.59 Å². The molecule has 2 amide bonds. The van der Waals surface area contributed by atoms with Gasteiger partial charge in [-0.15, -0.1) is 0 Å². The van der Waals surface area contributed by atoms with Crippen molar-refractivity contribution in [3.8, 4) is 11.5 Å². The largest absolute Gasteiger partial charge is 0.503 e. The minimum atomic E-state index is -0.893.